The lowest BCUT2D eigenvalue weighted by Crippen LogP contribution is -2.46. The van der Waals surface area contributed by atoms with E-state index in [-0.39, 0.29) is 11.9 Å². The summed E-state index contributed by atoms with van der Waals surface area (Å²) in [5.74, 6) is -0.760. The van der Waals surface area contributed by atoms with E-state index in [1.54, 1.807) is 24.2 Å². The fraction of sp³-hybridized carbons (Fsp3) is 0.643. The van der Waals surface area contributed by atoms with Gasteiger partial charge in [0.25, 0.3) is 5.91 Å². The van der Waals surface area contributed by atoms with E-state index in [9.17, 15) is 14.7 Å². The van der Waals surface area contributed by atoms with Crippen LogP contribution in [-0.2, 0) is 11.8 Å². The first kappa shape index (κ1) is 13.1. The summed E-state index contributed by atoms with van der Waals surface area (Å²) >= 11 is 0. The average molecular weight is 277 g/mol. The van der Waals surface area contributed by atoms with E-state index in [0.29, 0.717) is 18.0 Å². The number of carbonyl (C=O) groups is 2. The van der Waals surface area contributed by atoms with Crippen LogP contribution in [0.2, 0.25) is 0 Å². The second-order valence-corrected chi connectivity index (χ2v) is 5.75. The normalized spacial score (nSPS) is 29.2. The maximum Gasteiger partial charge on any atom is 0.326 e. The van der Waals surface area contributed by atoms with Gasteiger partial charge in [0.05, 0.1) is 0 Å². The van der Waals surface area contributed by atoms with Gasteiger partial charge in [-0.05, 0) is 31.2 Å². The number of aliphatic carboxylic acids is 1. The third kappa shape index (κ3) is 1.99. The molecule has 6 nitrogen and oxygen atoms in total. The van der Waals surface area contributed by atoms with Gasteiger partial charge in [0, 0.05) is 19.3 Å². The van der Waals surface area contributed by atoms with Crippen molar-refractivity contribution in [1.82, 2.24) is 14.7 Å². The average Bonchev–Trinajstić information content (AvgIpc) is 3.01. The summed E-state index contributed by atoms with van der Waals surface area (Å²) in [7, 11) is 1.71. The number of nitrogens with zero attached hydrogens (tertiary/aromatic N) is 3. The zero-order valence-corrected chi connectivity index (χ0v) is 11.5. The van der Waals surface area contributed by atoms with Crippen molar-refractivity contribution in [3.8, 4) is 0 Å². The Balaban J connectivity index is 1.93. The molecule has 0 radical (unpaired) electrons. The van der Waals surface area contributed by atoms with Gasteiger partial charge in [-0.1, -0.05) is 12.8 Å². The molecule has 6 heteroatoms. The second kappa shape index (κ2) is 4.92. The Morgan fingerprint density at radius 1 is 1.35 bits per heavy atom. The van der Waals surface area contributed by atoms with Crippen LogP contribution in [0.5, 0.6) is 0 Å². The molecular weight excluding hydrogens is 258 g/mol. The molecule has 1 aliphatic heterocycles. The molecule has 1 aliphatic carbocycles. The van der Waals surface area contributed by atoms with Gasteiger partial charge in [0.15, 0.2) is 0 Å². The summed E-state index contributed by atoms with van der Waals surface area (Å²) in [5, 5.41) is 13.4. The number of aromatic nitrogens is 2. The molecule has 0 bridgehead atoms. The second-order valence-electron chi connectivity index (χ2n) is 5.75. The third-order valence-corrected chi connectivity index (χ3v) is 4.65. The first-order chi connectivity index (χ1) is 9.59. The highest BCUT2D eigenvalue weighted by Gasteiger charge is 2.48. The van der Waals surface area contributed by atoms with Crippen LogP contribution in [0.4, 0.5) is 0 Å². The predicted molar refractivity (Wildman–Crippen MR) is 71.2 cm³/mol. The number of rotatable bonds is 2. The molecule has 108 valence electrons. The number of likely N-dealkylation sites (tertiary alicyclic amines) is 1. The van der Waals surface area contributed by atoms with Gasteiger partial charge >= 0.3 is 5.97 Å². The van der Waals surface area contributed by atoms with Crippen molar-refractivity contribution in [2.24, 2.45) is 13.0 Å². The monoisotopic (exact) mass is 277 g/mol. The molecule has 1 aromatic rings. The Morgan fingerprint density at radius 2 is 2.10 bits per heavy atom. The molecule has 0 unspecified atom stereocenters. The number of fused-ring (bicyclic) bond motifs is 1. The van der Waals surface area contributed by atoms with Gasteiger partial charge < -0.3 is 10.0 Å². The maximum atomic E-state index is 12.7. The summed E-state index contributed by atoms with van der Waals surface area (Å²) in [4.78, 5) is 25.8. The van der Waals surface area contributed by atoms with Crippen molar-refractivity contribution in [2.75, 3.05) is 0 Å². The molecule has 3 rings (SSSR count). The highest BCUT2D eigenvalue weighted by molar-refractivity contribution is 5.95. The number of carboxylic acid groups (broad SMARTS) is 1. The van der Waals surface area contributed by atoms with Crippen LogP contribution in [0.25, 0.3) is 0 Å². The van der Waals surface area contributed by atoms with Gasteiger partial charge in [-0.15, -0.1) is 0 Å². The lowest BCUT2D eigenvalue weighted by molar-refractivity contribution is -0.141. The van der Waals surface area contributed by atoms with E-state index < -0.39 is 12.0 Å². The molecular formula is C14H19N3O3. The highest BCUT2D eigenvalue weighted by atomic mass is 16.4. The molecule has 1 aromatic heterocycles. The van der Waals surface area contributed by atoms with Crippen molar-refractivity contribution >= 4 is 11.9 Å². The Labute approximate surface area is 117 Å². The van der Waals surface area contributed by atoms with E-state index in [1.807, 2.05) is 0 Å². The number of amides is 1. The van der Waals surface area contributed by atoms with E-state index in [4.69, 9.17) is 0 Å². The van der Waals surface area contributed by atoms with E-state index in [2.05, 4.69) is 5.10 Å². The molecule has 1 saturated carbocycles. The van der Waals surface area contributed by atoms with Crippen molar-refractivity contribution < 1.29 is 14.7 Å². The Bertz CT molecular complexity index is 540. The van der Waals surface area contributed by atoms with Crippen molar-refractivity contribution in [1.29, 1.82) is 0 Å². The number of carbonyl (C=O) groups excluding carboxylic acids is 1. The summed E-state index contributed by atoms with van der Waals surface area (Å²) < 4.78 is 1.51. The predicted octanol–water partition coefficient (Wildman–Crippen LogP) is 1.28. The number of aryl methyl sites for hydroxylation is 1. The van der Waals surface area contributed by atoms with Crippen molar-refractivity contribution in [2.45, 2.75) is 44.2 Å². The Kier molecular flexibility index (Phi) is 3.23. The summed E-state index contributed by atoms with van der Waals surface area (Å²) in [6.45, 7) is 0. The minimum Gasteiger partial charge on any atom is -0.480 e. The fourth-order valence-electron chi connectivity index (χ4n) is 3.69. The summed E-state index contributed by atoms with van der Waals surface area (Å²) in [5.41, 5.74) is 0.461. The molecule has 1 N–H and O–H groups in total. The van der Waals surface area contributed by atoms with Crippen LogP contribution < -0.4 is 0 Å². The first-order valence-electron chi connectivity index (χ1n) is 7.13. The third-order valence-electron chi connectivity index (χ3n) is 4.65. The quantitative estimate of drug-likeness (QED) is 0.883. The molecule has 2 fully saturated rings. The molecule has 1 saturated heterocycles. The summed E-state index contributed by atoms with van der Waals surface area (Å²) in [6.07, 6.45) is 6.31. The zero-order chi connectivity index (χ0) is 14.3. The number of carboxylic acids is 1. The minimum atomic E-state index is -0.894. The van der Waals surface area contributed by atoms with Crippen LogP contribution in [0.15, 0.2) is 12.3 Å². The van der Waals surface area contributed by atoms with E-state index in [0.717, 1.165) is 25.7 Å². The highest BCUT2D eigenvalue weighted by Crippen LogP contribution is 2.40. The topological polar surface area (TPSA) is 75.4 Å². The number of hydrogen-bond acceptors (Lipinski definition) is 3. The maximum absolute atomic E-state index is 12.7. The molecule has 3 atom stereocenters. The number of hydrogen-bond donors (Lipinski definition) is 1. The van der Waals surface area contributed by atoms with Gasteiger partial charge in [0.2, 0.25) is 0 Å². The van der Waals surface area contributed by atoms with Crippen LogP contribution >= 0.6 is 0 Å². The van der Waals surface area contributed by atoms with Crippen molar-refractivity contribution in [3.05, 3.63) is 18.0 Å². The Hall–Kier alpha value is -1.85. The lowest BCUT2D eigenvalue weighted by Gasteiger charge is -2.32. The molecule has 1 amide bonds. The molecule has 20 heavy (non-hydrogen) atoms. The Morgan fingerprint density at radius 3 is 2.75 bits per heavy atom. The van der Waals surface area contributed by atoms with Crippen LogP contribution in [0.3, 0.4) is 0 Å². The fourth-order valence-corrected chi connectivity index (χ4v) is 3.69. The summed E-state index contributed by atoms with van der Waals surface area (Å²) in [6, 6.07) is 1.04. The minimum absolute atomic E-state index is 0.0762. The zero-order valence-electron chi connectivity index (χ0n) is 11.5. The largest absolute Gasteiger partial charge is 0.480 e. The molecule has 0 spiro atoms. The smallest absolute Gasteiger partial charge is 0.326 e. The molecule has 2 aliphatic rings. The van der Waals surface area contributed by atoms with E-state index in [1.165, 1.54) is 4.68 Å². The SMILES string of the molecule is Cn1nccc1C(=O)N1[C@@H]2CCCC[C@@H]2C[C@H]1C(=O)O. The van der Waals surface area contributed by atoms with Crippen LogP contribution in [-0.4, -0.2) is 43.7 Å². The van der Waals surface area contributed by atoms with Gasteiger partial charge in [-0.2, -0.15) is 5.10 Å². The first-order valence-corrected chi connectivity index (χ1v) is 7.13. The molecule has 0 aromatic carbocycles. The van der Waals surface area contributed by atoms with Gasteiger partial charge in [-0.3, -0.25) is 9.48 Å². The standard InChI is InChI=1S/C14H19N3O3/c1-16-11(6-7-15-16)13(18)17-10-5-3-2-4-9(10)8-12(17)14(19)20/h6-7,9-10,12H,2-5,8H2,1H3,(H,19,20)/t9-,10-,12+/m1/s1. The lowest BCUT2D eigenvalue weighted by atomic mass is 9.84. The van der Waals surface area contributed by atoms with Crippen LogP contribution in [0, 0.1) is 5.92 Å². The van der Waals surface area contributed by atoms with Gasteiger partial charge in [-0.25, -0.2) is 4.79 Å². The van der Waals surface area contributed by atoms with Crippen LogP contribution in [0.1, 0.15) is 42.6 Å². The van der Waals surface area contributed by atoms with Crippen molar-refractivity contribution in [3.63, 3.8) is 0 Å². The van der Waals surface area contributed by atoms with Gasteiger partial charge in [0.1, 0.15) is 11.7 Å². The molecule has 2 heterocycles. The van der Waals surface area contributed by atoms with E-state index >= 15 is 0 Å².